The second-order valence-electron chi connectivity index (χ2n) is 5.02. The molecule has 0 aliphatic carbocycles. The molecule has 1 fully saturated rings. The highest BCUT2D eigenvalue weighted by Gasteiger charge is 2.26. The first-order valence-corrected chi connectivity index (χ1v) is 6.73. The summed E-state index contributed by atoms with van der Waals surface area (Å²) in [6.45, 7) is 5.11. The lowest BCUT2D eigenvalue weighted by Gasteiger charge is -2.28. The molecule has 0 aromatic carbocycles. The summed E-state index contributed by atoms with van der Waals surface area (Å²) in [5, 5.41) is 6.46. The van der Waals surface area contributed by atoms with Crippen LogP contribution in [0.4, 0.5) is 0 Å². The minimum Gasteiger partial charge on any atom is -0.347 e. The van der Waals surface area contributed by atoms with Crippen LogP contribution in [-0.2, 0) is 4.79 Å². The van der Waals surface area contributed by atoms with E-state index in [1.165, 1.54) is 0 Å². The number of rotatable bonds is 4. The maximum absolute atomic E-state index is 12.2. The standard InChI is InChI=1S/C13H22N4O/c1-3-11(12-15-6-7-16-12)17-13(18)10-4-5-14-9(2)8-10/h6-7,9-11,14H,3-5,8H2,1-2H3,(H,15,16)(H,17,18). The summed E-state index contributed by atoms with van der Waals surface area (Å²) in [7, 11) is 0. The van der Waals surface area contributed by atoms with Crippen molar-refractivity contribution in [1.29, 1.82) is 0 Å². The van der Waals surface area contributed by atoms with Gasteiger partial charge in [-0.25, -0.2) is 4.98 Å². The van der Waals surface area contributed by atoms with Crippen molar-refractivity contribution in [2.75, 3.05) is 6.54 Å². The summed E-state index contributed by atoms with van der Waals surface area (Å²) in [6, 6.07) is 0.427. The van der Waals surface area contributed by atoms with E-state index in [-0.39, 0.29) is 17.9 Å². The number of piperidine rings is 1. The van der Waals surface area contributed by atoms with E-state index in [2.05, 4.69) is 34.4 Å². The van der Waals surface area contributed by atoms with E-state index >= 15 is 0 Å². The van der Waals surface area contributed by atoms with Crippen molar-refractivity contribution in [2.24, 2.45) is 5.92 Å². The number of amides is 1. The first kappa shape index (κ1) is 13.1. The second kappa shape index (κ2) is 6.00. The average molecular weight is 250 g/mol. The molecular weight excluding hydrogens is 228 g/mol. The summed E-state index contributed by atoms with van der Waals surface area (Å²) >= 11 is 0. The summed E-state index contributed by atoms with van der Waals surface area (Å²) in [5.41, 5.74) is 0. The zero-order valence-corrected chi connectivity index (χ0v) is 11.1. The zero-order valence-electron chi connectivity index (χ0n) is 11.1. The summed E-state index contributed by atoms with van der Waals surface area (Å²) in [4.78, 5) is 19.5. The van der Waals surface area contributed by atoms with Gasteiger partial charge < -0.3 is 15.6 Å². The van der Waals surface area contributed by atoms with Gasteiger partial charge in [0.2, 0.25) is 5.91 Å². The predicted molar refractivity (Wildman–Crippen MR) is 70.0 cm³/mol. The number of aromatic nitrogens is 2. The van der Waals surface area contributed by atoms with Crippen molar-refractivity contribution >= 4 is 5.91 Å². The van der Waals surface area contributed by atoms with E-state index in [1.54, 1.807) is 12.4 Å². The number of nitrogens with zero attached hydrogens (tertiary/aromatic N) is 1. The Kier molecular flexibility index (Phi) is 4.36. The summed E-state index contributed by atoms with van der Waals surface area (Å²) in [6.07, 6.45) is 6.19. The van der Waals surface area contributed by atoms with E-state index < -0.39 is 0 Å². The van der Waals surface area contributed by atoms with Gasteiger partial charge in [0.1, 0.15) is 5.82 Å². The third-order valence-electron chi connectivity index (χ3n) is 3.57. The molecule has 0 saturated carbocycles. The molecule has 1 aliphatic rings. The van der Waals surface area contributed by atoms with Gasteiger partial charge in [0.15, 0.2) is 0 Å². The Morgan fingerprint density at radius 1 is 1.67 bits per heavy atom. The molecule has 1 aliphatic heterocycles. The molecule has 3 atom stereocenters. The Morgan fingerprint density at radius 2 is 2.50 bits per heavy atom. The van der Waals surface area contributed by atoms with Gasteiger partial charge in [-0.15, -0.1) is 0 Å². The summed E-state index contributed by atoms with van der Waals surface area (Å²) in [5.74, 6) is 1.13. The maximum Gasteiger partial charge on any atom is 0.223 e. The van der Waals surface area contributed by atoms with Gasteiger partial charge in [-0.3, -0.25) is 4.79 Å². The molecule has 1 aromatic heterocycles. The molecule has 0 bridgehead atoms. The minimum absolute atomic E-state index is 0.00214. The van der Waals surface area contributed by atoms with E-state index in [0.29, 0.717) is 6.04 Å². The van der Waals surface area contributed by atoms with Crippen LogP contribution < -0.4 is 10.6 Å². The van der Waals surface area contributed by atoms with Gasteiger partial charge in [-0.2, -0.15) is 0 Å². The molecule has 5 heteroatoms. The normalized spacial score (nSPS) is 25.7. The number of imidazole rings is 1. The Bertz CT molecular complexity index is 376. The first-order chi connectivity index (χ1) is 8.70. The lowest BCUT2D eigenvalue weighted by atomic mass is 9.92. The van der Waals surface area contributed by atoms with Gasteiger partial charge in [-0.05, 0) is 32.7 Å². The average Bonchev–Trinajstić information content (AvgIpc) is 2.89. The zero-order chi connectivity index (χ0) is 13.0. The van der Waals surface area contributed by atoms with Crippen LogP contribution in [0.2, 0.25) is 0 Å². The third kappa shape index (κ3) is 3.10. The molecule has 18 heavy (non-hydrogen) atoms. The fourth-order valence-corrected chi connectivity index (χ4v) is 2.49. The highest BCUT2D eigenvalue weighted by Crippen LogP contribution is 2.19. The summed E-state index contributed by atoms with van der Waals surface area (Å²) < 4.78 is 0. The Labute approximate surface area is 108 Å². The topological polar surface area (TPSA) is 69.8 Å². The van der Waals surface area contributed by atoms with Crippen LogP contribution in [-0.4, -0.2) is 28.5 Å². The molecule has 3 N–H and O–H groups in total. The molecule has 1 saturated heterocycles. The Morgan fingerprint density at radius 3 is 3.11 bits per heavy atom. The first-order valence-electron chi connectivity index (χ1n) is 6.73. The number of nitrogens with one attached hydrogen (secondary N) is 3. The molecule has 5 nitrogen and oxygen atoms in total. The Balaban J connectivity index is 1.93. The number of hydrogen-bond donors (Lipinski definition) is 3. The van der Waals surface area contributed by atoms with Crippen molar-refractivity contribution in [1.82, 2.24) is 20.6 Å². The maximum atomic E-state index is 12.2. The molecule has 1 aromatic rings. The number of hydrogen-bond acceptors (Lipinski definition) is 3. The van der Waals surface area contributed by atoms with Crippen molar-refractivity contribution in [3.05, 3.63) is 18.2 Å². The van der Waals surface area contributed by atoms with E-state index in [9.17, 15) is 4.79 Å². The lowest BCUT2D eigenvalue weighted by Crippen LogP contribution is -2.43. The van der Waals surface area contributed by atoms with Crippen LogP contribution in [0.25, 0.3) is 0 Å². The largest absolute Gasteiger partial charge is 0.347 e. The molecule has 0 radical (unpaired) electrons. The van der Waals surface area contributed by atoms with E-state index in [4.69, 9.17) is 0 Å². The fraction of sp³-hybridized carbons (Fsp3) is 0.692. The third-order valence-corrected chi connectivity index (χ3v) is 3.57. The molecule has 2 rings (SSSR count). The van der Waals surface area contributed by atoms with Crippen LogP contribution in [0.3, 0.4) is 0 Å². The minimum atomic E-state index is -0.00214. The van der Waals surface area contributed by atoms with Gasteiger partial charge in [0.25, 0.3) is 0 Å². The second-order valence-corrected chi connectivity index (χ2v) is 5.02. The SMILES string of the molecule is CCC(NC(=O)C1CCNC(C)C1)c1ncc[nH]1. The van der Waals surface area contributed by atoms with Crippen molar-refractivity contribution in [3.8, 4) is 0 Å². The fourth-order valence-electron chi connectivity index (χ4n) is 2.49. The van der Waals surface area contributed by atoms with Crippen molar-refractivity contribution in [3.63, 3.8) is 0 Å². The van der Waals surface area contributed by atoms with Crippen molar-refractivity contribution in [2.45, 2.75) is 45.2 Å². The van der Waals surface area contributed by atoms with Gasteiger partial charge in [0.05, 0.1) is 6.04 Å². The highest BCUT2D eigenvalue weighted by atomic mass is 16.2. The highest BCUT2D eigenvalue weighted by molar-refractivity contribution is 5.79. The molecular formula is C13H22N4O. The molecule has 100 valence electrons. The molecule has 3 unspecified atom stereocenters. The van der Waals surface area contributed by atoms with Crippen molar-refractivity contribution < 1.29 is 4.79 Å². The van der Waals surface area contributed by atoms with Crippen LogP contribution in [0, 0.1) is 5.92 Å². The molecule has 2 heterocycles. The smallest absolute Gasteiger partial charge is 0.223 e. The van der Waals surface area contributed by atoms with Crippen LogP contribution >= 0.6 is 0 Å². The number of aromatic amines is 1. The lowest BCUT2D eigenvalue weighted by molar-refractivity contribution is -0.126. The number of carbonyl (C=O) groups is 1. The number of carbonyl (C=O) groups excluding carboxylic acids is 1. The number of H-pyrrole nitrogens is 1. The predicted octanol–water partition coefficient (Wildman–Crippen LogP) is 1.37. The van der Waals surface area contributed by atoms with Gasteiger partial charge in [-0.1, -0.05) is 6.92 Å². The quantitative estimate of drug-likeness (QED) is 0.756. The van der Waals surface area contributed by atoms with Gasteiger partial charge in [0, 0.05) is 24.4 Å². The van der Waals surface area contributed by atoms with Crippen LogP contribution in [0.5, 0.6) is 0 Å². The monoisotopic (exact) mass is 250 g/mol. The van der Waals surface area contributed by atoms with Gasteiger partial charge >= 0.3 is 0 Å². The molecule has 1 amide bonds. The molecule has 0 spiro atoms. The Hall–Kier alpha value is -1.36. The van der Waals surface area contributed by atoms with Crippen LogP contribution in [0.15, 0.2) is 12.4 Å². The van der Waals surface area contributed by atoms with Crippen LogP contribution in [0.1, 0.15) is 45.0 Å². The van der Waals surface area contributed by atoms with E-state index in [0.717, 1.165) is 31.6 Å². The van der Waals surface area contributed by atoms with E-state index in [1.807, 2.05) is 0 Å².